The number of carbonyl (C=O) groups is 1. The average molecular weight is 587 g/mol. The quantitative estimate of drug-likeness (QED) is 0.245. The molecule has 1 fully saturated rings. The number of rotatable bonds is 6. The summed E-state index contributed by atoms with van der Waals surface area (Å²) in [7, 11) is 2.08. The summed E-state index contributed by atoms with van der Waals surface area (Å²) in [6.07, 6.45) is -2.61. The number of amides is 1. The van der Waals surface area contributed by atoms with E-state index in [1.54, 1.807) is 18.2 Å². The predicted molar refractivity (Wildman–Crippen MR) is 167 cm³/mol. The zero-order chi connectivity index (χ0) is 30.8. The highest BCUT2D eigenvalue weighted by Gasteiger charge is 2.30. The Morgan fingerprint density at radius 3 is 2.09 bits per heavy atom. The van der Waals surface area contributed by atoms with Gasteiger partial charge in [0.25, 0.3) is 5.91 Å². The van der Waals surface area contributed by atoms with Crippen LogP contribution in [0.2, 0.25) is 0 Å². The highest BCUT2D eigenvalue weighted by molar-refractivity contribution is 6.04. The fourth-order valence-electron chi connectivity index (χ4n) is 5.30. The Balaban J connectivity index is 1.41. The van der Waals surface area contributed by atoms with E-state index >= 15 is 0 Å². The summed E-state index contributed by atoms with van der Waals surface area (Å²) in [5, 5.41) is 2.94. The van der Waals surface area contributed by atoms with E-state index in [1.165, 1.54) is 12.1 Å². The molecule has 0 radical (unpaired) electrons. The van der Waals surface area contributed by atoms with Crippen LogP contribution in [0.4, 0.5) is 18.9 Å². The summed E-state index contributed by atoms with van der Waals surface area (Å²) in [5.41, 5.74) is 4.30. The molecule has 0 unspecified atom stereocenters. The Kier molecular flexibility index (Phi) is 8.65. The number of hydrogen-bond donors (Lipinski definition) is 1. The second kappa shape index (κ2) is 12.3. The summed E-state index contributed by atoms with van der Waals surface area (Å²) in [4.78, 5) is 15.1. The lowest BCUT2D eigenvalue weighted by Gasteiger charge is -2.29. The van der Waals surface area contributed by atoms with Crippen molar-refractivity contribution in [3.8, 4) is 28.0 Å². The van der Waals surface area contributed by atoms with Gasteiger partial charge in [0.2, 0.25) is 0 Å². The maximum absolute atomic E-state index is 13.6. The molecule has 7 heteroatoms. The number of piperidine rings is 1. The van der Waals surface area contributed by atoms with Crippen molar-refractivity contribution in [3.63, 3.8) is 0 Å². The molecule has 4 aromatic carbocycles. The van der Waals surface area contributed by atoms with Gasteiger partial charge in [0.05, 0.1) is 5.56 Å². The molecule has 0 spiro atoms. The number of carbonyl (C=O) groups excluding carboxylic acids is 1. The molecule has 224 valence electrons. The van der Waals surface area contributed by atoms with E-state index in [-0.39, 0.29) is 17.4 Å². The van der Waals surface area contributed by atoms with Gasteiger partial charge in [-0.05, 0) is 102 Å². The molecule has 5 rings (SSSR count). The minimum absolute atomic E-state index is 0.00498. The van der Waals surface area contributed by atoms with Crippen LogP contribution < -0.4 is 10.1 Å². The first-order valence-corrected chi connectivity index (χ1v) is 14.6. The molecule has 0 saturated carbocycles. The Morgan fingerprint density at radius 2 is 1.47 bits per heavy atom. The van der Waals surface area contributed by atoms with Crippen molar-refractivity contribution in [1.29, 1.82) is 0 Å². The van der Waals surface area contributed by atoms with Crippen LogP contribution >= 0.6 is 0 Å². The lowest BCUT2D eigenvalue weighted by atomic mass is 9.87. The SMILES string of the molecule is CN1CCC(Oc2ccc(-c3ccc(NC(=O)c4ccc(C(C)(C)C)cc4)cc3)c(-c3cccc(C(F)(F)F)c3)c2)CC1. The molecular weight excluding hydrogens is 549 g/mol. The molecule has 4 aromatic rings. The van der Waals surface area contributed by atoms with Gasteiger partial charge in [0.1, 0.15) is 11.9 Å². The summed E-state index contributed by atoms with van der Waals surface area (Å²) in [6.45, 7) is 8.25. The zero-order valence-corrected chi connectivity index (χ0v) is 25.0. The minimum Gasteiger partial charge on any atom is -0.490 e. The fourth-order valence-corrected chi connectivity index (χ4v) is 5.30. The minimum atomic E-state index is -4.45. The monoisotopic (exact) mass is 586 g/mol. The third-order valence-corrected chi connectivity index (χ3v) is 7.93. The van der Waals surface area contributed by atoms with Gasteiger partial charge >= 0.3 is 6.18 Å². The van der Waals surface area contributed by atoms with Gasteiger partial charge in [0, 0.05) is 24.3 Å². The Labute approximate surface area is 251 Å². The van der Waals surface area contributed by atoms with Crippen molar-refractivity contribution in [1.82, 2.24) is 4.90 Å². The van der Waals surface area contributed by atoms with Crippen LogP contribution in [0.25, 0.3) is 22.3 Å². The summed E-state index contributed by atoms with van der Waals surface area (Å²) >= 11 is 0. The molecule has 1 aliphatic heterocycles. The van der Waals surface area contributed by atoms with E-state index in [2.05, 4.69) is 38.0 Å². The molecule has 43 heavy (non-hydrogen) atoms. The number of benzene rings is 4. The van der Waals surface area contributed by atoms with Crippen LogP contribution in [-0.2, 0) is 11.6 Å². The third-order valence-electron chi connectivity index (χ3n) is 7.93. The largest absolute Gasteiger partial charge is 0.490 e. The Morgan fingerprint density at radius 1 is 0.791 bits per heavy atom. The van der Waals surface area contributed by atoms with Crippen molar-refractivity contribution >= 4 is 11.6 Å². The number of nitrogens with one attached hydrogen (secondary N) is 1. The van der Waals surface area contributed by atoms with Crippen molar-refractivity contribution in [2.24, 2.45) is 0 Å². The molecule has 1 heterocycles. The van der Waals surface area contributed by atoms with E-state index in [1.807, 2.05) is 54.6 Å². The van der Waals surface area contributed by atoms with Gasteiger partial charge in [0.15, 0.2) is 0 Å². The first-order valence-electron chi connectivity index (χ1n) is 14.6. The molecule has 1 amide bonds. The highest BCUT2D eigenvalue weighted by Crippen LogP contribution is 2.39. The third kappa shape index (κ3) is 7.46. The molecule has 1 saturated heterocycles. The number of nitrogens with zero attached hydrogens (tertiary/aromatic N) is 1. The molecule has 1 N–H and O–H groups in total. The van der Waals surface area contributed by atoms with E-state index in [0.717, 1.165) is 48.7 Å². The maximum atomic E-state index is 13.6. The van der Waals surface area contributed by atoms with Crippen LogP contribution in [-0.4, -0.2) is 37.0 Å². The Bertz CT molecular complexity index is 1560. The van der Waals surface area contributed by atoms with Crippen LogP contribution in [0.5, 0.6) is 5.75 Å². The van der Waals surface area contributed by atoms with Gasteiger partial charge in [-0.3, -0.25) is 4.79 Å². The normalized spacial score (nSPS) is 14.9. The van der Waals surface area contributed by atoms with Crippen LogP contribution in [0.3, 0.4) is 0 Å². The number of hydrogen-bond acceptors (Lipinski definition) is 3. The number of alkyl halides is 3. The first-order chi connectivity index (χ1) is 20.4. The van der Waals surface area contributed by atoms with Crippen molar-refractivity contribution in [3.05, 3.63) is 108 Å². The van der Waals surface area contributed by atoms with Crippen molar-refractivity contribution in [2.45, 2.75) is 51.3 Å². The molecule has 0 aromatic heterocycles. The molecule has 4 nitrogen and oxygen atoms in total. The molecular formula is C36H37F3N2O2. The van der Waals surface area contributed by atoms with E-state index < -0.39 is 11.7 Å². The van der Waals surface area contributed by atoms with Crippen LogP contribution in [0.1, 0.15) is 55.1 Å². The standard InChI is InChI=1S/C36H37F3N2O2/c1-35(2,3)27-12-8-25(9-13-27)34(42)40-29-14-10-24(11-15-29)32-17-16-31(43-30-18-20-41(4)21-19-30)23-33(32)26-6-5-7-28(22-26)36(37,38)39/h5-17,22-23,30H,18-21H2,1-4H3,(H,40,42). The number of likely N-dealkylation sites (tertiary alicyclic amines) is 1. The van der Waals surface area contributed by atoms with Gasteiger partial charge < -0.3 is 15.0 Å². The lowest BCUT2D eigenvalue weighted by Crippen LogP contribution is -2.35. The zero-order valence-electron chi connectivity index (χ0n) is 25.0. The second-order valence-corrected chi connectivity index (χ2v) is 12.3. The Hall–Kier alpha value is -4.10. The summed E-state index contributed by atoms with van der Waals surface area (Å²) in [5.74, 6) is 0.417. The maximum Gasteiger partial charge on any atom is 0.416 e. The number of ether oxygens (including phenoxy) is 1. The average Bonchev–Trinajstić information content (AvgIpc) is 2.98. The summed E-state index contributed by atoms with van der Waals surface area (Å²) < 4.78 is 47.1. The van der Waals surface area contributed by atoms with E-state index in [0.29, 0.717) is 28.1 Å². The second-order valence-electron chi connectivity index (χ2n) is 12.3. The first kappa shape index (κ1) is 30.4. The van der Waals surface area contributed by atoms with Crippen molar-refractivity contribution < 1.29 is 22.7 Å². The highest BCUT2D eigenvalue weighted by atomic mass is 19.4. The summed E-state index contributed by atoms with van der Waals surface area (Å²) in [6, 6.07) is 25.9. The topological polar surface area (TPSA) is 41.6 Å². The van der Waals surface area contributed by atoms with Crippen LogP contribution in [0.15, 0.2) is 91.0 Å². The smallest absolute Gasteiger partial charge is 0.416 e. The molecule has 0 bridgehead atoms. The molecule has 0 aliphatic carbocycles. The van der Waals surface area contributed by atoms with Gasteiger partial charge in [-0.15, -0.1) is 0 Å². The van der Waals surface area contributed by atoms with Gasteiger partial charge in [-0.1, -0.05) is 63.2 Å². The molecule has 1 aliphatic rings. The van der Waals surface area contributed by atoms with Gasteiger partial charge in [-0.2, -0.15) is 13.2 Å². The van der Waals surface area contributed by atoms with Gasteiger partial charge in [-0.25, -0.2) is 0 Å². The van der Waals surface area contributed by atoms with Crippen molar-refractivity contribution in [2.75, 3.05) is 25.5 Å². The van der Waals surface area contributed by atoms with E-state index in [9.17, 15) is 18.0 Å². The number of anilines is 1. The van der Waals surface area contributed by atoms with E-state index in [4.69, 9.17) is 4.74 Å². The van der Waals surface area contributed by atoms with Crippen LogP contribution in [0, 0.1) is 0 Å². The molecule has 0 atom stereocenters. The number of halogens is 3. The predicted octanol–water partition coefficient (Wildman–Crippen LogP) is 9.06. The lowest BCUT2D eigenvalue weighted by molar-refractivity contribution is -0.137. The fraction of sp³-hybridized carbons (Fsp3) is 0.306.